The third-order valence-electron chi connectivity index (χ3n) is 1.08. The minimum absolute atomic E-state index is 0.585. The Balaban J connectivity index is 4.10. The molecule has 0 aromatic heterocycles. The first-order valence-electron chi connectivity index (χ1n) is 3.56. The minimum atomic E-state index is -2.14. The highest BCUT2D eigenvalue weighted by Gasteiger charge is 2.31. The smallest absolute Gasteiger partial charge is 0.305 e. The van der Waals surface area contributed by atoms with Crippen molar-refractivity contribution in [1.82, 2.24) is 0 Å². The van der Waals surface area contributed by atoms with Crippen molar-refractivity contribution in [2.75, 3.05) is 13.2 Å². The van der Waals surface area contributed by atoms with Gasteiger partial charge in [0.05, 0.1) is 0 Å². The Bertz CT molecular complexity index is 201. The fourth-order valence-corrected chi connectivity index (χ4v) is 0.589. The highest BCUT2D eigenvalue weighted by Crippen LogP contribution is 2.07. The van der Waals surface area contributed by atoms with E-state index in [9.17, 15) is 14.7 Å². The van der Waals surface area contributed by atoms with E-state index in [1.165, 1.54) is 0 Å². The first-order valence-corrected chi connectivity index (χ1v) is 3.56. The van der Waals surface area contributed by atoms with Gasteiger partial charge in [-0.2, -0.15) is 0 Å². The van der Waals surface area contributed by atoms with E-state index in [4.69, 9.17) is 5.11 Å². The van der Waals surface area contributed by atoms with Gasteiger partial charge in [-0.05, 0) is 0 Å². The number of aliphatic hydroxyl groups excluding tert-OH is 1. The van der Waals surface area contributed by atoms with Crippen molar-refractivity contribution in [3.63, 3.8) is 0 Å². The Morgan fingerprint density at radius 2 is 1.85 bits per heavy atom. The van der Waals surface area contributed by atoms with Gasteiger partial charge in [0.25, 0.3) is 5.79 Å². The second-order valence-corrected chi connectivity index (χ2v) is 2.48. The van der Waals surface area contributed by atoms with Gasteiger partial charge >= 0.3 is 11.9 Å². The molecule has 0 rings (SSSR count). The molecule has 0 aliphatic heterocycles. The lowest BCUT2D eigenvalue weighted by molar-refractivity contribution is -0.239. The minimum Gasteiger partial charge on any atom is -0.459 e. The molecule has 0 bridgehead atoms. The molecular weight excluding hydrogens is 180 g/mol. The van der Waals surface area contributed by atoms with Gasteiger partial charge in [-0.15, -0.1) is 0 Å². The van der Waals surface area contributed by atoms with Gasteiger partial charge in [-0.1, -0.05) is 0 Å². The zero-order valence-corrected chi connectivity index (χ0v) is 7.44. The molecule has 0 spiro atoms. The first kappa shape index (κ1) is 11.9. The van der Waals surface area contributed by atoms with Crippen LogP contribution in [0.4, 0.5) is 0 Å². The zero-order chi connectivity index (χ0) is 10.5. The predicted octanol–water partition coefficient (Wildman–Crippen LogP) is -1.21. The fourth-order valence-electron chi connectivity index (χ4n) is 0.589. The van der Waals surface area contributed by atoms with E-state index < -0.39 is 30.9 Å². The highest BCUT2D eigenvalue weighted by molar-refractivity contribution is 5.67. The Labute approximate surface area is 75.1 Å². The molecule has 13 heavy (non-hydrogen) atoms. The zero-order valence-electron chi connectivity index (χ0n) is 7.44. The molecule has 0 saturated heterocycles. The molecule has 0 aliphatic rings. The maximum absolute atomic E-state index is 10.4. The third-order valence-corrected chi connectivity index (χ3v) is 1.08. The lowest BCUT2D eigenvalue weighted by Gasteiger charge is -2.23. The maximum atomic E-state index is 10.4. The fraction of sp³-hybridized carbons (Fsp3) is 0.714. The Morgan fingerprint density at radius 3 is 2.15 bits per heavy atom. The lowest BCUT2D eigenvalue weighted by atomic mass is 10.3. The molecular formula is C7H12O6. The summed E-state index contributed by atoms with van der Waals surface area (Å²) in [6, 6.07) is 0. The molecule has 1 unspecified atom stereocenters. The molecule has 0 heterocycles. The summed E-state index contributed by atoms with van der Waals surface area (Å²) in [6.07, 6.45) is 0. The van der Waals surface area contributed by atoms with Crippen molar-refractivity contribution in [2.45, 2.75) is 19.6 Å². The monoisotopic (exact) mass is 192 g/mol. The number of carbonyl (C=O) groups is 2. The standard InChI is InChI=1S/C7H12O6/c1-5(9)12-4-7(11,3-8)13-6(2)10/h8,11H,3-4H2,1-2H3. The van der Waals surface area contributed by atoms with Gasteiger partial charge < -0.3 is 19.7 Å². The van der Waals surface area contributed by atoms with Crippen LogP contribution in [0.5, 0.6) is 0 Å². The molecule has 0 aromatic carbocycles. The molecule has 1 atom stereocenters. The van der Waals surface area contributed by atoms with Crippen LogP contribution in [0.3, 0.4) is 0 Å². The molecule has 0 saturated carbocycles. The van der Waals surface area contributed by atoms with Gasteiger partial charge in [0, 0.05) is 13.8 Å². The number of hydrogen-bond acceptors (Lipinski definition) is 6. The van der Waals surface area contributed by atoms with Gasteiger partial charge in [-0.3, -0.25) is 9.59 Å². The van der Waals surface area contributed by atoms with Crippen molar-refractivity contribution in [3.8, 4) is 0 Å². The van der Waals surface area contributed by atoms with Crippen LogP contribution in [0.2, 0.25) is 0 Å². The summed E-state index contributed by atoms with van der Waals surface area (Å²) in [5.41, 5.74) is 0. The van der Waals surface area contributed by atoms with Gasteiger partial charge in [0.2, 0.25) is 0 Å². The van der Waals surface area contributed by atoms with Crippen LogP contribution in [-0.4, -0.2) is 41.2 Å². The third kappa shape index (κ3) is 5.15. The normalized spacial score (nSPS) is 14.5. The Morgan fingerprint density at radius 1 is 1.31 bits per heavy atom. The maximum Gasteiger partial charge on any atom is 0.305 e. The van der Waals surface area contributed by atoms with E-state index in [0.717, 1.165) is 13.8 Å². The Kier molecular flexibility index (Phi) is 4.36. The van der Waals surface area contributed by atoms with Gasteiger partial charge in [0.1, 0.15) is 6.61 Å². The number of esters is 2. The number of aliphatic hydroxyl groups is 2. The molecule has 6 nitrogen and oxygen atoms in total. The molecule has 6 heteroatoms. The van der Waals surface area contributed by atoms with Gasteiger partial charge in [0.15, 0.2) is 6.61 Å². The summed E-state index contributed by atoms with van der Waals surface area (Å²) < 4.78 is 8.70. The molecule has 0 radical (unpaired) electrons. The van der Waals surface area contributed by atoms with E-state index in [-0.39, 0.29) is 0 Å². The van der Waals surface area contributed by atoms with Crippen molar-refractivity contribution in [2.24, 2.45) is 0 Å². The van der Waals surface area contributed by atoms with E-state index in [1.807, 2.05) is 0 Å². The first-order chi connectivity index (χ1) is 5.89. The van der Waals surface area contributed by atoms with Crippen LogP contribution >= 0.6 is 0 Å². The summed E-state index contributed by atoms with van der Waals surface area (Å²) in [4.78, 5) is 20.8. The predicted molar refractivity (Wildman–Crippen MR) is 40.4 cm³/mol. The molecule has 0 fully saturated rings. The van der Waals surface area contributed by atoms with Crippen molar-refractivity contribution in [1.29, 1.82) is 0 Å². The van der Waals surface area contributed by atoms with Crippen LogP contribution in [0.1, 0.15) is 13.8 Å². The number of hydrogen-bond donors (Lipinski definition) is 2. The largest absolute Gasteiger partial charge is 0.459 e. The lowest BCUT2D eigenvalue weighted by Crippen LogP contribution is -2.43. The quantitative estimate of drug-likeness (QED) is 0.429. The van der Waals surface area contributed by atoms with Crippen LogP contribution in [0.25, 0.3) is 0 Å². The van der Waals surface area contributed by atoms with Crippen LogP contribution < -0.4 is 0 Å². The molecule has 0 amide bonds. The summed E-state index contributed by atoms with van der Waals surface area (Å²) in [5.74, 6) is -3.56. The SMILES string of the molecule is CC(=O)OCC(O)(CO)OC(C)=O. The van der Waals surface area contributed by atoms with E-state index in [2.05, 4.69) is 9.47 Å². The summed E-state index contributed by atoms with van der Waals surface area (Å²) in [6.45, 7) is 0.776. The number of carbonyl (C=O) groups excluding carboxylic acids is 2. The van der Waals surface area contributed by atoms with Crippen LogP contribution in [-0.2, 0) is 19.1 Å². The molecule has 0 aliphatic carbocycles. The summed E-state index contributed by atoms with van der Waals surface area (Å²) >= 11 is 0. The highest BCUT2D eigenvalue weighted by atomic mass is 16.7. The Hall–Kier alpha value is -1.14. The summed E-state index contributed by atoms with van der Waals surface area (Å²) in [7, 11) is 0. The van der Waals surface area contributed by atoms with E-state index >= 15 is 0 Å². The second-order valence-electron chi connectivity index (χ2n) is 2.48. The van der Waals surface area contributed by atoms with Crippen LogP contribution in [0.15, 0.2) is 0 Å². The average Bonchev–Trinajstić information content (AvgIpc) is 2.00. The number of rotatable bonds is 4. The molecule has 76 valence electrons. The average molecular weight is 192 g/mol. The van der Waals surface area contributed by atoms with Crippen molar-refractivity contribution >= 4 is 11.9 Å². The summed E-state index contributed by atoms with van der Waals surface area (Å²) in [5, 5.41) is 17.9. The van der Waals surface area contributed by atoms with Crippen LogP contribution in [0, 0.1) is 0 Å². The molecule has 2 N–H and O–H groups in total. The molecule has 0 aromatic rings. The van der Waals surface area contributed by atoms with Crippen molar-refractivity contribution < 1.29 is 29.3 Å². The van der Waals surface area contributed by atoms with E-state index in [0.29, 0.717) is 0 Å². The van der Waals surface area contributed by atoms with Gasteiger partial charge in [-0.25, -0.2) is 0 Å². The number of ether oxygens (including phenoxy) is 2. The topological polar surface area (TPSA) is 93.1 Å². The second kappa shape index (κ2) is 4.78. The van der Waals surface area contributed by atoms with Crippen molar-refractivity contribution in [3.05, 3.63) is 0 Å². The van der Waals surface area contributed by atoms with E-state index in [1.54, 1.807) is 0 Å².